The van der Waals surface area contributed by atoms with Gasteiger partial charge in [-0.2, -0.15) is 0 Å². The monoisotopic (exact) mass is 438 g/mol. The average molecular weight is 439 g/mol. The van der Waals surface area contributed by atoms with Crippen molar-refractivity contribution in [2.24, 2.45) is 0 Å². The van der Waals surface area contributed by atoms with Gasteiger partial charge in [0, 0.05) is 22.8 Å². The number of fused-ring (bicyclic) bond motifs is 1. The number of ketones is 2. The normalized spacial score (nSPS) is 16.2. The topological polar surface area (TPSA) is 62.4 Å². The van der Waals surface area contributed by atoms with Crippen molar-refractivity contribution >= 4 is 22.5 Å². The lowest BCUT2D eigenvalue weighted by molar-refractivity contribution is 0.0824. The summed E-state index contributed by atoms with van der Waals surface area (Å²) in [5, 5.41) is 0.805. The Kier molecular flexibility index (Phi) is 6.05. The van der Waals surface area contributed by atoms with Gasteiger partial charge in [-0.15, -0.1) is 0 Å². The van der Waals surface area contributed by atoms with E-state index < -0.39 is 0 Å². The van der Waals surface area contributed by atoms with Crippen LogP contribution >= 0.6 is 0 Å². The van der Waals surface area contributed by atoms with Gasteiger partial charge in [-0.3, -0.25) is 14.5 Å². The molecule has 4 aromatic rings. The number of rotatable bonds is 8. The molecule has 1 aliphatic rings. The summed E-state index contributed by atoms with van der Waals surface area (Å²) in [4.78, 5) is 31.7. The fourth-order valence-corrected chi connectivity index (χ4v) is 4.59. The Hall–Kier alpha value is -3.70. The zero-order chi connectivity index (χ0) is 22.6. The van der Waals surface area contributed by atoms with Gasteiger partial charge in [0.05, 0.1) is 18.0 Å². The van der Waals surface area contributed by atoms with Crippen molar-refractivity contribution in [1.29, 1.82) is 0 Å². The summed E-state index contributed by atoms with van der Waals surface area (Å²) in [7, 11) is 0. The van der Waals surface area contributed by atoms with Gasteiger partial charge in [0.15, 0.2) is 11.6 Å². The molecular weight excluding hydrogens is 412 g/mol. The molecule has 0 aliphatic carbocycles. The van der Waals surface area contributed by atoms with E-state index in [1.165, 1.54) is 0 Å². The lowest BCUT2D eigenvalue weighted by Crippen LogP contribution is -2.39. The molecule has 5 heteroatoms. The molecule has 1 N–H and O–H groups in total. The Morgan fingerprint density at radius 1 is 0.939 bits per heavy atom. The maximum atomic E-state index is 13.6. The minimum Gasteiger partial charge on any atom is -0.488 e. The standard InChI is InChI=1S/C28H26N2O3/c31-25(21-11-5-2-6-12-21)18-30-16-8-14-24(30)28(32)22-17-29-23-13-7-15-26(27(22)23)33-19-20-9-3-1-4-10-20/h1-7,9-13,15,17,24,29H,8,14,16,18-19H2/t24-/m0/s1. The number of likely N-dealkylation sites (tertiary alicyclic amines) is 1. The van der Waals surface area contributed by atoms with Crippen LogP contribution in [0.2, 0.25) is 0 Å². The Morgan fingerprint density at radius 3 is 2.48 bits per heavy atom. The van der Waals surface area contributed by atoms with Crippen molar-refractivity contribution in [3.63, 3.8) is 0 Å². The van der Waals surface area contributed by atoms with E-state index in [4.69, 9.17) is 4.74 Å². The number of nitrogens with zero attached hydrogens (tertiary/aromatic N) is 1. The maximum absolute atomic E-state index is 13.6. The Labute approximate surface area is 193 Å². The fraction of sp³-hybridized carbons (Fsp3) is 0.214. The highest BCUT2D eigenvalue weighted by Gasteiger charge is 2.34. The third-order valence-electron chi connectivity index (χ3n) is 6.28. The van der Waals surface area contributed by atoms with Crippen LogP contribution in [0.5, 0.6) is 5.75 Å². The number of Topliss-reactive ketones (excluding diaryl/α,β-unsaturated/α-hetero) is 2. The van der Waals surface area contributed by atoms with Crippen LogP contribution in [0.15, 0.2) is 85.1 Å². The molecule has 1 atom stereocenters. The van der Waals surface area contributed by atoms with Crippen LogP contribution in [0.1, 0.15) is 39.1 Å². The van der Waals surface area contributed by atoms with Gasteiger partial charge in [-0.05, 0) is 37.1 Å². The summed E-state index contributed by atoms with van der Waals surface area (Å²) < 4.78 is 6.13. The fourth-order valence-electron chi connectivity index (χ4n) is 4.59. The molecule has 0 unspecified atom stereocenters. The number of benzene rings is 3. The third-order valence-corrected chi connectivity index (χ3v) is 6.28. The van der Waals surface area contributed by atoms with Crippen molar-refractivity contribution in [2.45, 2.75) is 25.5 Å². The summed E-state index contributed by atoms with van der Waals surface area (Å²) in [6, 6.07) is 24.7. The van der Waals surface area contributed by atoms with E-state index in [0.29, 0.717) is 23.5 Å². The second-order valence-corrected chi connectivity index (χ2v) is 8.44. The highest BCUT2D eigenvalue weighted by atomic mass is 16.5. The third kappa shape index (κ3) is 4.45. The number of carbonyl (C=O) groups is 2. The van der Waals surface area contributed by atoms with E-state index in [-0.39, 0.29) is 24.2 Å². The van der Waals surface area contributed by atoms with Crippen molar-refractivity contribution in [3.8, 4) is 5.75 Å². The number of aromatic amines is 1. The van der Waals surface area contributed by atoms with Gasteiger partial charge in [0.1, 0.15) is 12.4 Å². The lowest BCUT2D eigenvalue weighted by Gasteiger charge is -2.22. The van der Waals surface area contributed by atoms with Crippen LogP contribution in [-0.2, 0) is 6.61 Å². The van der Waals surface area contributed by atoms with Crippen LogP contribution in [-0.4, -0.2) is 40.6 Å². The molecule has 33 heavy (non-hydrogen) atoms. The lowest BCUT2D eigenvalue weighted by atomic mass is 10.0. The molecule has 5 rings (SSSR count). The molecule has 1 aromatic heterocycles. The van der Waals surface area contributed by atoms with Crippen LogP contribution in [0.3, 0.4) is 0 Å². The Morgan fingerprint density at radius 2 is 1.70 bits per heavy atom. The SMILES string of the molecule is O=C(CN1CCC[C@H]1C(=O)c1c[nH]c2cccc(OCc3ccccc3)c12)c1ccccc1. The number of aromatic nitrogens is 1. The smallest absolute Gasteiger partial charge is 0.182 e. The molecule has 5 nitrogen and oxygen atoms in total. The minimum atomic E-state index is -0.307. The van der Waals surface area contributed by atoms with E-state index in [9.17, 15) is 9.59 Å². The summed E-state index contributed by atoms with van der Waals surface area (Å²) in [5.74, 6) is 0.766. The minimum absolute atomic E-state index is 0.0374. The van der Waals surface area contributed by atoms with Crippen molar-refractivity contribution in [1.82, 2.24) is 9.88 Å². The van der Waals surface area contributed by atoms with Crippen LogP contribution in [0.4, 0.5) is 0 Å². The van der Waals surface area contributed by atoms with Gasteiger partial charge in [0.25, 0.3) is 0 Å². The highest BCUT2D eigenvalue weighted by molar-refractivity contribution is 6.12. The molecule has 1 saturated heterocycles. The van der Waals surface area contributed by atoms with Crippen LogP contribution in [0, 0.1) is 0 Å². The summed E-state index contributed by atoms with van der Waals surface area (Å²) >= 11 is 0. The van der Waals surface area contributed by atoms with Gasteiger partial charge < -0.3 is 9.72 Å². The van der Waals surface area contributed by atoms with Gasteiger partial charge >= 0.3 is 0 Å². The van der Waals surface area contributed by atoms with Gasteiger partial charge in [-0.25, -0.2) is 0 Å². The second kappa shape index (κ2) is 9.43. The predicted octanol–water partition coefficient (Wildman–Crippen LogP) is 5.28. The largest absolute Gasteiger partial charge is 0.488 e. The number of nitrogens with one attached hydrogen (secondary N) is 1. The van der Waals surface area contributed by atoms with E-state index in [2.05, 4.69) is 4.98 Å². The predicted molar refractivity (Wildman–Crippen MR) is 129 cm³/mol. The van der Waals surface area contributed by atoms with Gasteiger partial charge in [0.2, 0.25) is 0 Å². The quantitative estimate of drug-likeness (QED) is 0.380. The van der Waals surface area contributed by atoms with Crippen molar-refractivity contribution in [2.75, 3.05) is 13.1 Å². The first-order valence-corrected chi connectivity index (χ1v) is 11.3. The van der Waals surface area contributed by atoms with Crippen LogP contribution < -0.4 is 4.74 Å². The van der Waals surface area contributed by atoms with E-state index in [1.807, 2.05) is 83.8 Å². The molecule has 0 radical (unpaired) electrons. The van der Waals surface area contributed by atoms with E-state index in [0.717, 1.165) is 35.9 Å². The molecule has 0 bridgehead atoms. The maximum Gasteiger partial charge on any atom is 0.182 e. The molecule has 0 amide bonds. The first kappa shape index (κ1) is 21.2. The van der Waals surface area contributed by atoms with E-state index >= 15 is 0 Å². The molecule has 3 aromatic carbocycles. The summed E-state index contributed by atoms with van der Waals surface area (Å²) in [5.41, 5.74) is 3.24. The first-order valence-electron chi connectivity index (χ1n) is 11.3. The first-order chi connectivity index (χ1) is 16.2. The van der Waals surface area contributed by atoms with Crippen LogP contribution in [0.25, 0.3) is 10.9 Å². The second-order valence-electron chi connectivity index (χ2n) is 8.44. The van der Waals surface area contributed by atoms with E-state index in [1.54, 1.807) is 6.20 Å². The molecule has 1 aliphatic heterocycles. The number of ether oxygens (including phenoxy) is 1. The molecular formula is C28H26N2O3. The number of hydrogen-bond acceptors (Lipinski definition) is 4. The highest BCUT2D eigenvalue weighted by Crippen LogP contribution is 2.32. The summed E-state index contributed by atoms with van der Waals surface area (Å²) in [6.45, 7) is 1.43. The molecule has 0 saturated carbocycles. The molecule has 0 spiro atoms. The van der Waals surface area contributed by atoms with Crippen molar-refractivity contribution < 1.29 is 14.3 Å². The zero-order valence-electron chi connectivity index (χ0n) is 18.4. The molecule has 166 valence electrons. The number of H-pyrrole nitrogens is 1. The van der Waals surface area contributed by atoms with Crippen molar-refractivity contribution in [3.05, 3.63) is 102 Å². The molecule has 2 heterocycles. The Bertz CT molecular complexity index is 1260. The van der Waals surface area contributed by atoms with Gasteiger partial charge in [-0.1, -0.05) is 66.7 Å². The average Bonchev–Trinajstić information content (AvgIpc) is 3.51. The summed E-state index contributed by atoms with van der Waals surface area (Å²) in [6.07, 6.45) is 3.43. The molecule has 1 fully saturated rings. The zero-order valence-corrected chi connectivity index (χ0v) is 18.4. The number of hydrogen-bond donors (Lipinski definition) is 1. The Balaban J connectivity index is 1.38. The number of carbonyl (C=O) groups excluding carboxylic acids is 2.